The van der Waals surface area contributed by atoms with E-state index in [9.17, 15) is 4.79 Å². The van der Waals surface area contributed by atoms with Crippen LogP contribution in [0.3, 0.4) is 0 Å². The molecular formula is C7H13NO2Si. The second-order valence-electron chi connectivity index (χ2n) is 3.25. The molecule has 0 aromatic heterocycles. The Balaban J connectivity index is 3.81. The van der Waals surface area contributed by atoms with Crippen molar-refractivity contribution in [1.82, 2.24) is 0 Å². The number of isocyanates is 1. The van der Waals surface area contributed by atoms with Gasteiger partial charge in [-0.2, -0.15) is 0 Å². The molecule has 0 fully saturated rings. The van der Waals surface area contributed by atoms with Crippen LogP contribution in [0, 0.1) is 5.92 Å². The van der Waals surface area contributed by atoms with Gasteiger partial charge in [0.1, 0.15) is 0 Å². The standard InChI is InChI=1S/C7H13NO2Si/c1-6(2)7(3,4)11-10-8-5-9/h6H,1-4H3. The van der Waals surface area contributed by atoms with Gasteiger partial charge in [0.2, 0.25) is 0 Å². The van der Waals surface area contributed by atoms with Gasteiger partial charge >= 0.3 is 9.76 Å². The number of hydrogen-bond acceptors (Lipinski definition) is 3. The first-order valence-electron chi connectivity index (χ1n) is 3.51. The van der Waals surface area contributed by atoms with E-state index in [1.54, 1.807) is 0 Å². The summed E-state index contributed by atoms with van der Waals surface area (Å²) >= 11 is 0. The summed E-state index contributed by atoms with van der Waals surface area (Å²) in [6.45, 7) is 8.38. The minimum absolute atomic E-state index is 0.0837. The molecule has 0 saturated carbocycles. The first-order chi connectivity index (χ1) is 5.00. The van der Waals surface area contributed by atoms with Gasteiger partial charge in [-0.05, 0) is 11.1 Å². The van der Waals surface area contributed by atoms with Crippen LogP contribution < -0.4 is 0 Å². The Morgan fingerprint density at radius 1 is 1.55 bits per heavy atom. The highest BCUT2D eigenvalue weighted by molar-refractivity contribution is 6.32. The predicted molar refractivity (Wildman–Crippen MR) is 43.8 cm³/mol. The van der Waals surface area contributed by atoms with Gasteiger partial charge in [0.15, 0.2) is 0 Å². The number of nitrogens with zero attached hydrogens (tertiary/aromatic N) is 1. The van der Waals surface area contributed by atoms with Crippen LogP contribution in [0.2, 0.25) is 5.04 Å². The molecule has 0 aliphatic rings. The van der Waals surface area contributed by atoms with Crippen molar-refractivity contribution in [2.75, 3.05) is 0 Å². The summed E-state index contributed by atoms with van der Waals surface area (Å²) in [5.74, 6) is 0.516. The Labute approximate surface area is 69.8 Å². The molecule has 0 aromatic carbocycles. The third kappa shape index (κ3) is 3.96. The lowest BCUT2D eigenvalue weighted by atomic mass is 9.99. The van der Waals surface area contributed by atoms with Crippen LogP contribution in [0.1, 0.15) is 27.7 Å². The van der Waals surface area contributed by atoms with Crippen molar-refractivity contribution in [2.45, 2.75) is 32.7 Å². The molecule has 0 rings (SSSR count). The van der Waals surface area contributed by atoms with E-state index in [4.69, 9.17) is 4.53 Å². The highest BCUT2D eigenvalue weighted by Gasteiger charge is 2.26. The van der Waals surface area contributed by atoms with E-state index in [0.717, 1.165) is 0 Å². The third-order valence-electron chi connectivity index (χ3n) is 1.83. The molecule has 62 valence electrons. The Morgan fingerprint density at radius 3 is 2.45 bits per heavy atom. The fourth-order valence-corrected chi connectivity index (χ4v) is 0.831. The van der Waals surface area contributed by atoms with Crippen molar-refractivity contribution in [1.29, 1.82) is 0 Å². The first kappa shape index (κ1) is 10.4. The predicted octanol–water partition coefficient (Wildman–Crippen LogP) is 1.73. The summed E-state index contributed by atoms with van der Waals surface area (Å²) < 4.78 is 4.74. The fraction of sp³-hybridized carbons (Fsp3) is 0.857. The zero-order valence-corrected chi connectivity index (χ0v) is 8.34. The van der Waals surface area contributed by atoms with Gasteiger partial charge in [0.25, 0.3) is 6.08 Å². The fourth-order valence-electron chi connectivity index (χ4n) is 0.277. The molecule has 0 saturated heterocycles. The number of rotatable bonds is 4. The maximum absolute atomic E-state index is 9.65. The van der Waals surface area contributed by atoms with Gasteiger partial charge in [0, 0.05) is 5.04 Å². The minimum Gasteiger partial charge on any atom is -0.444 e. The zero-order chi connectivity index (χ0) is 8.91. The Hall–Kier alpha value is -0.603. The van der Waals surface area contributed by atoms with E-state index in [2.05, 4.69) is 32.9 Å². The molecule has 0 aliphatic heterocycles. The van der Waals surface area contributed by atoms with Crippen LogP contribution >= 0.6 is 0 Å². The summed E-state index contributed by atoms with van der Waals surface area (Å²) in [6.07, 6.45) is 1.34. The van der Waals surface area contributed by atoms with Crippen molar-refractivity contribution in [3.8, 4) is 0 Å². The third-order valence-corrected chi connectivity index (χ3v) is 3.12. The molecule has 0 unspecified atom stereocenters. The average Bonchev–Trinajstić information content (AvgIpc) is 1.88. The number of carbonyl (C=O) groups excluding carboxylic acids is 1. The van der Waals surface area contributed by atoms with Gasteiger partial charge in [-0.15, -0.1) is 0 Å². The second kappa shape index (κ2) is 4.31. The number of hydrogen-bond donors (Lipinski definition) is 0. The molecule has 0 N–H and O–H groups in total. The van der Waals surface area contributed by atoms with Gasteiger partial charge in [0.05, 0.1) is 0 Å². The summed E-state index contributed by atoms with van der Waals surface area (Å²) in [7, 11) is 0.217. The summed E-state index contributed by atoms with van der Waals surface area (Å²) in [5.41, 5.74) is 0. The lowest BCUT2D eigenvalue weighted by Crippen LogP contribution is -2.20. The first-order valence-corrected chi connectivity index (χ1v) is 4.42. The SMILES string of the molecule is CC(C)C(C)(C)[Si]ON=C=O. The van der Waals surface area contributed by atoms with Crippen molar-refractivity contribution >= 4 is 15.8 Å². The molecule has 4 heteroatoms. The molecule has 0 aliphatic carbocycles. The Kier molecular flexibility index (Phi) is 4.07. The van der Waals surface area contributed by atoms with Crippen molar-refractivity contribution < 1.29 is 9.32 Å². The molecule has 0 aromatic rings. The highest BCUT2D eigenvalue weighted by atomic mass is 28.2. The molecule has 3 nitrogen and oxygen atoms in total. The normalized spacial score (nSPS) is 11.0. The van der Waals surface area contributed by atoms with E-state index in [1.165, 1.54) is 6.08 Å². The van der Waals surface area contributed by atoms with Gasteiger partial charge in [-0.3, -0.25) is 0 Å². The summed E-state index contributed by atoms with van der Waals surface area (Å²) in [4.78, 5) is 9.65. The van der Waals surface area contributed by atoms with Crippen LogP contribution in [-0.2, 0) is 9.32 Å². The molecule has 11 heavy (non-hydrogen) atoms. The van der Waals surface area contributed by atoms with Gasteiger partial charge in [-0.1, -0.05) is 27.7 Å². The van der Waals surface area contributed by atoms with Crippen LogP contribution in [0.5, 0.6) is 0 Å². The molecule has 0 spiro atoms. The van der Waals surface area contributed by atoms with Gasteiger partial charge in [-0.25, -0.2) is 4.79 Å². The van der Waals surface area contributed by atoms with Crippen molar-refractivity contribution in [3.05, 3.63) is 0 Å². The lowest BCUT2D eigenvalue weighted by molar-refractivity contribution is 0.316. The van der Waals surface area contributed by atoms with Crippen LogP contribution in [-0.4, -0.2) is 15.8 Å². The van der Waals surface area contributed by atoms with E-state index in [-0.39, 0.29) is 14.8 Å². The minimum atomic E-state index is 0.0837. The Bertz CT molecular complexity index is 162. The topological polar surface area (TPSA) is 38.7 Å². The molecule has 0 amide bonds. The monoisotopic (exact) mass is 171 g/mol. The summed E-state index contributed by atoms with van der Waals surface area (Å²) in [6, 6.07) is 0. The lowest BCUT2D eigenvalue weighted by Gasteiger charge is -2.24. The molecular weight excluding hydrogens is 158 g/mol. The van der Waals surface area contributed by atoms with Crippen LogP contribution in [0.4, 0.5) is 0 Å². The highest BCUT2D eigenvalue weighted by Crippen LogP contribution is 2.32. The Morgan fingerprint density at radius 2 is 2.09 bits per heavy atom. The van der Waals surface area contributed by atoms with E-state index in [0.29, 0.717) is 5.92 Å². The quantitative estimate of drug-likeness (QED) is 0.279. The smallest absolute Gasteiger partial charge is 0.361 e. The van der Waals surface area contributed by atoms with E-state index < -0.39 is 0 Å². The largest absolute Gasteiger partial charge is 0.444 e. The molecule has 0 heterocycles. The maximum atomic E-state index is 9.65. The van der Waals surface area contributed by atoms with Gasteiger partial charge < -0.3 is 4.53 Å². The molecule has 2 radical (unpaired) electrons. The van der Waals surface area contributed by atoms with E-state index in [1.807, 2.05) is 0 Å². The molecule has 0 atom stereocenters. The van der Waals surface area contributed by atoms with Crippen molar-refractivity contribution in [2.24, 2.45) is 11.1 Å². The van der Waals surface area contributed by atoms with Crippen molar-refractivity contribution in [3.63, 3.8) is 0 Å². The van der Waals surface area contributed by atoms with Crippen LogP contribution in [0.15, 0.2) is 5.16 Å². The molecule has 0 bridgehead atoms. The van der Waals surface area contributed by atoms with Crippen LogP contribution in [0.25, 0.3) is 0 Å². The average molecular weight is 171 g/mol. The summed E-state index contributed by atoms with van der Waals surface area (Å²) in [5, 5.41) is 3.13. The zero-order valence-electron chi connectivity index (χ0n) is 7.34. The maximum Gasteiger partial charge on any atom is 0.361 e. The second-order valence-corrected chi connectivity index (χ2v) is 4.93. The van der Waals surface area contributed by atoms with E-state index >= 15 is 0 Å².